The topological polar surface area (TPSA) is 129 Å². The Morgan fingerprint density at radius 3 is 2.28 bits per heavy atom. The van der Waals surface area contributed by atoms with E-state index in [0.29, 0.717) is 76.1 Å². The van der Waals surface area contributed by atoms with E-state index in [4.69, 9.17) is 32.8 Å². The predicted octanol–water partition coefficient (Wildman–Crippen LogP) is 8.13. The van der Waals surface area contributed by atoms with Gasteiger partial charge in [0.05, 0.1) is 57.6 Å². The molecule has 6 heterocycles. The van der Waals surface area contributed by atoms with Crippen LogP contribution in [0.4, 0.5) is 5.69 Å². The Hall–Kier alpha value is -6.31. The number of para-hydroxylation sites is 1. The van der Waals surface area contributed by atoms with Gasteiger partial charge in [-0.3, -0.25) is 9.59 Å². The van der Waals surface area contributed by atoms with Crippen LogP contribution in [0.25, 0.3) is 11.0 Å². The van der Waals surface area contributed by atoms with Gasteiger partial charge < -0.3 is 47.5 Å². The third-order valence-electron chi connectivity index (χ3n) is 13.5. The lowest BCUT2D eigenvalue weighted by Crippen LogP contribution is -2.46. The molecule has 0 spiro atoms. The van der Waals surface area contributed by atoms with Gasteiger partial charge in [0.25, 0.3) is 6.29 Å². The lowest BCUT2D eigenvalue weighted by Gasteiger charge is -2.41. The molecule has 4 aromatic carbocycles. The number of fused-ring (bicyclic) bond motifs is 12. The Bertz CT molecular complexity index is 2660. The van der Waals surface area contributed by atoms with Crippen molar-refractivity contribution in [1.29, 1.82) is 0 Å². The Labute approximate surface area is 379 Å². The largest absolute Gasteiger partial charge is 0.496 e. The Balaban J connectivity index is 0.000000123. The number of benzene rings is 4. The van der Waals surface area contributed by atoms with Gasteiger partial charge in [0.2, 0.25) is 0 Å². The third kappa shape index (κ3) is 8.55. The zero-order valence-electron chi connectivity index (χ0n) is 37.9. The SMILES string of the molecule is CN1CCN2c3ccccc3Cc3ccccc3C2C1.COc1cc(OC)c(C(=O)CCCN2CCCC2)c(OC)c1.COc1cc2c(c3oc(=O)c4c(c13)CCC4=O)C1C=COC1O2. The van der Waals surface area contributed by atoms with E-state index in [1.165, 1.54) is 35.2 Å². The smallest absolute Gasteiger partial charge is 0.347 e. The first-order valence-corrected chi connectivity index (χ1v) is 22.6. The summed E-state index contributed by atoms with van der Waals surface area (Å²) in [7, 11) is 8.45. The van der Waals surface area contributed by atoms with Crippen LogP contribution < -0.4 is 34.2 Å². The highest BCUT2D eigenvalue weighted by Crippen LogP contribution is 2.50. The second kappa shape index (κ2) is 19.0. The van der Waals surface area contributed by atoms with Crippen LogP contribution in [0.5, 0.6) is 28.7 Å². The molecule has 2 fully saturated rings. The highest BCUT2D eigenvalue weighted by atomic mass is 16.7. The lowest BCUT2D eigenvalue weighted by atomic mass is 9.95. The van der Waals surface area contributed by atoms with Crippen LogP contribution in [-0.2, 0) is 17.6 Å². The van der Waals surface area contributed by atoms with Crippen LogP contribution in [0.2, 0.25) is 0 Å². The van der Waals surface area contributed by atoms with Gasteiger partial charge in [-0.1, -0.05) is 42.5 Å². The second-order valence-electron chi connectivity index (χ2n) is 17.3. The zero-order valence-corrected chi connectivity index (χ0v) is 37.9. The predicted molar refractivity (Wildman–Crippen MR) is 248 cm³/mol. The van der Waals surface area contributed by atoms with Gasteiger partial charge >= 0.3 is 5.63 Å². The van der Waals surface area contributed by atoms with Crippen molar-refractivity contribution < 1.29 is 42.4 Å². The molecule has 1 aromatic heterocycles. The molecule has 13 nitrogen and oxygen atoms in total. The molecule has 11 rings (SSSR count). The fraction of sp³-hybridized carbons (Fsp3) is 0.404. The number of likely N-dealkylation sites (N-methyl/N-ethyl adjacent to an activating group) is 1. The highest BCUT2D eigenvalue weighted by molar-refractivity contribution is 6.06. The summed E-state index contributed by atoms with van der Waals surface area (Å²) in [6.45, 7) is 6.67. The number of nitrogens with zero attached hydrogens (tertiary/aromatic N) is 3. The van der Waals surface area contributed by atoms with Crippen LogP contribution in [0.15, 0.2) is 88.3 Å². The summed E-state index contributed by atoms with van der Waals surface area (Å²) in [6, 6.07) is 23.6. The first-order chi connectivity index (χ1) is 31.7. The van der Waals surface area contributed by atoms with Crippen molar-refractivity contribution in [2.75, 3.05) is 79.7 Å². The van der Waals surface area contributed by atoms with E-state index in [2.05, 4.69) is 70.3 Å². The first-order valence-electron chi connectivity index (χ1n) is 22.6. The van der Waals surface area contributed by atoms with Gasteiger partial charge in [-0.15, -0.1) is 0 Å². The maximum Gasteiger partial charge on any atom is 0.347 e. The van der Waals surface area contributed by atoms with E-state index in [1.54, 1.807) is 52.9 Å². The number of carbonyl (C=O) groups excluding carboxylic acids is 2. The normalized spacial score (nSPS) is 20.0. The maximum atomic E-state index is 12.6. The number of piperazine rings is 1. The number of likely N-dealkylation sites (tertiary alicyclic amines) is 1. The molecule has 0 bridgehead atoms. The molecule has 0 amide bonds. The third-order valence-corrected chi connectivity index (χ3v) is 13.5. The molecule has 3 unspecified atom stereocenters. The summed E-state index contributed by atoms with van der Waals surface area (Å²) in [4.78, 5) is 44.3. The summed E-state index contributed by atoms with van der Waals surface area (Å²) in [6.07, 6.45) is 8.82. The van der Waals surface area contributed by atoms with Crippen molar-refractivity contribution in [3.05, 3.63) is 128 Å². The Kier molecular flexibility index (Phi) is 12.9. The summed E-state index contributed by atoms with van der Waals surface area (Å²) in [5.74, 6) is 2.49. The van der Waals surface area contributed by atoms with E-state index in [1.807, 2.05) is 6.08 Å². The van der Waals surface area contributed by atoms with Crippen molar-refractivity contribution in [3.63, 3.8) is 0 Å². The number of anilines is 1. The van der Waals surface area contributed by atoms with Gasteiger partial charge in [-0.05, 0) is 93.2 Å². The number of carbonyl (C=O) groups is 2. The summed E-state index contributed by atoms with van der Waals surface area (Å²) in [5.41, 5.74) is 7.90. The van der Waals surface area contributed by atoms with Crippen molar-refractivity contribution in [3.8, 4) is 28.7 Å². The van der Waals surface area contributed by atoms with Crippen LogP contribution in [0.1, 0.15) is 92.6 Å². The first kappa shape index (κ1) is 43.9. The van der Waals surface area contributed by atoms with Gasteiger partial charge in [0.15, 0.2) is 11.6 Å². The number of ketones is 2. The number of rotatable bonds is 9. The number of ether oxygens (including phenoxy) is 6. The van der Waals surface area contributed by atoms with E-state index in [9.17, 15) is 14.4 Å². The van der Waals surface area contributed by atoms with Crippen LogP contribution in [0.3, 0.4) is 0 Å². The molecule has 5 aliphatic heterocycles. The molecule has 65 heavy (non-hydrogen) atoms. The minimum Gasteiger partial charge on any atom is -0.496 e. The second-order valence-corrected chi connectivity index (χ2v) is 17.3. The van der Waals surface area contributed by atoms with Crippen LogP contribution >= 0.6 is 0 Å². The van der Waals surface area contributed by atoms with E-state index in [0.717, 1.165) is 57.7 Å². The van der Waals surface area contributed by atoms with Crippen molar-refractivity contribution in [2.24, 2.45) is 0 Å². The Morgan fingerprint density at radius 1 is 0.815 bits per heavy atom. The van der Waals surface area contributed by atoms with E-state index in [-0.39, 0.29) is 23.0 Å². The summed E-state index contributed by atoms with van der Waals surface area (Å²) in [5, 5.41) is 0.691. The quantitative estimate of drug-likeness (QED) is 0.104. The molecule has 0 saturated carbocycles. The van der Waals surface area contributed by atoms with Crippen LogP contribution in [0, 0.1) is 0 Å². The van der Waals surface area contributed by atoms with E-state index < -0.39 is 11.9 Å². The molecular formula is C52H57N3O10. The molecule has 0 N–H and O–H groups in total. The van der Waals surface area contributed by atoms with Gasteiger partial charge in [-0.2, -0.15) is 0 Å². The van der Waals surface area contributed by atoms with Crippen molar-refractivity contribution in [2.45, 2.75) is 63.2 Å². The average molecular weight is 884 g/mol. The standard InChI is InChI=1S/C18H20N2.C17H25NO4.C17H12O6/c1-19-10-11-20-17-9-5-3-7-15(17)12-14-6-2-4-8-16(14)18(20)13-19;1-20-13-11-15(21-2)17(16(12-13)22-3)14(19)7-6-10-18-8-4-5-9-18;1-20-10-6-11-14(8-4-5-21-17(8)22-11)15-13(10)7-2-3-9(18)12(7)16(19)23-15/h2-9,18H,10-13H2,1H3;11-12H,4-10H2,1-3H3;4-6,8,17H,2-3H2,1H3. The zero-order chi connectivity index (χ0) is 45.2. The monoisotopic (exact) mass is 883 g/mol. The Morgan fingerprint density at radius 2 is 1.54 bits per heavy atom. The van der Waals surface area contributed by atoms with Gasteiger partial charge in [0.1, 0.15) is 45.5 Å². The van der Waals surface area contributed by atoms with Crippen LogP contribution in [-0.4, -0.2) is 102 Å². The molecule has 340 valence electrons. The average Bonchev–Trinajstić information content (AvgIpc) is 4.14. The number of hydrogen-bond acceptors (Lipinski definition) is 13. The fourth-order valence-corrected chi connectivity index (χ4v) is 10.2. The van der Waals surface area contributed by atoms with E-state index >= 15 is 0 Å². The molecule has 2 saturated heterocycles. The van der Waals surface area contributed by atoms with Gasteiger partial charge in [0, 0.05) is 56.4 Å². The molecule has 5 aromatic rings. The maximum absolute atomic E-state index is 12.6. The minimum atomic E-state index is -0.586. The molecule has 1 aliphatic carbocycles. The number of methoxy groups -OCH3 is 4. The number of Topliss-reactive ketones (excluding diaryl/α,β-unsaturated/α-hetero) is 2. The molecule has 3 atom stereocenters. The number of hydrogen-bond donors (Lipinski definition) is 0. The molecule has 0 radical (unpaired) electrons. The minimum absolute atomic E-state index is 0.0514. The van der Waals surface area contributed by atoms with Crippen molar-refractivity contribution in [1.82, 2.24) is 9.80 Å². The summed E-state index contributed by atoms with van der Waals surface area (Å²) < 4.78 is 38.1. The van der Waals surface area contributed by atoms with Gasteiger partial charge in [-0.25, -0.2) is 4.79 Å². The number of aryl methyl sites for hydroxylation is 1. The summed E-state index contributed by atoms with van der Waals surface area (Å²) >= 11 is 0. The molecule has 6 aliphatic rings. The molecular weight excluding hydrogens is 827 g/mol. The fourth-order valence-electron chi connectivity index (χ4n) is 10.2. The lowest BCUT2D eigenvalue weighted by molar-refractivity contribution is -0.00485. The molecule has 13 heteroatoms. The van der Waals surface area contributed by atoms with Crippen molar-refractivity contribution >= 4 is 28.2 Å². The highest BCUT2D eigenvalue weighted by Gasteiger charge is 2.42.